The van der Waals surface area contributed by atoms with Crippen LogP contribution >= 0.6 is 11.6 Å². The van der Waals surface area contributed by atoms with E-state index in [0.29, 0.717) is 28.5 Å². The number of rotatable bonds is 6. The summed E-state index contributed by atoms with van der Waals surface area (Å²) in [4.78, 5) is 0. The number of halogens is 1. The molecule has 4 heteroatoms. The van der Waals surface area contributed by atoms with Crippen molar-refractivity contribution in [3.8, 4) is 11.5 Å². The Morgan fingerprint density at radius 3 is 2.50 bits per heavy atom. The largest absolute Gasteiger partial charge is 0.454 e. The summed E-state index contributed by atoms with van der Waals surface area (Å²) < 4.78 is 10.7. The Bertz CT molecular complexity index is 452. The van der Waals surface area contributed by atoms with Gasteiger partial charge in [-0.3, -0.25) is 0 Å². The van der Waals surface area contributed by atoms with Gasteiger partial charge in [-0.15, -0.1) is 0 Å². The molecule has 0 saturated carbocycles. The SMILES string of the molecule is CC(C)C(CNCc1cc(Cl)c2c(c1)OCO2)C(C)C. The van der Waals surface area contributed by atoms with Gasteiger partial charge in [0.1, 0.15) is 0 Å². The van der Waals surface area contributed by atoms with E-state index in [2.05, 4.69) is 33.0 Å². The third-order valence-corrected chi connectivity index (χ3v) is 4.19. The van der Waals surface area contributed by atoms with E-state index in [0.717, 1.165) is 24.4 Å². The van der Waals surface area contributed by atoms with Crippen molar-refractivity contribution in [2.24, 2.45) is 17.8 Å². The van der Waals surface area contributed by atoms with E-state index in [1.807, 2.05) is 12.1 Å². The number of ether oxygens (including phenoxy) is 2. The van der Waals surface area contributed by atoms with Gasteiger partial charge < -0.3 is 14.8 Å². The first kappa shape index (κ1) is 15.5. The summed E-state index contributed by atoms with van der Waals surface area (Å²) in [6.45, 7) is 11.2. The van der Waals surface area contributed by atoms with Gasteiger partial charge in [0, 0.05) is 6.54 Å². The molecule has 1 aliphatic rings. The lowest BCUT2D eigenvalue weighted by molar-refractivity contribution is 0.174. The molecule has 2 rings (SSSR count). The molecule has 0 fully saturated rings. The fourth-order valence-electron chi connectivity index (χ4n) is 2.75. The molecule has 1 aromatic rings. The molecule has 1 heterocycles. The Labute approximate surface area is 126 Å². The van der Waals surface area contributed by atoms with E-state index in [1.54, 1.807) is 0 Å². The molecule has 1 aliphatic heterocycles. The van der Waals surface area contributed by atoms with Crippen molar-refractivity contribution in [1.29, 1.82) is 0 Å². The van der Waals surface area contributed by atoms with Gasteiger partial charge in [0.15, 0.2) is 11.5 Å². The molecule has 0 spiro atoms. The second-order valence-electron chi connectivity index (χ2n) is 6.09. The van der Waals surface area contributed by atoms with Crippen molar-refractivity contribution in [3.63, 3.8) is 0 Å². The molecule has 0 aliphatic carbocycles. The zero-order chi connectivity index (χ0) is 14.7. The predicted molar refractivity (Wildman–Crippen MR) is 82.4 cm³/mol. The maximum absolute atomic E-state index is 6.18. The molecule has 0 bridgehead atoms. The fourth-order valence-corrected chi connectivity index (χ4v) is 3.04. The smallest absolute Gasteiger partial charge is 0.231 e. The molecule has 1 N–H and O–H groups in total. The van der Waals surface area contributed by atoms with Crippen molar-refractivity contribution >= 4 is 11.6 Å². The van der Waals surface area contributed by atoms with Crippen LogP contribution in [0.5, 0.6) is 11.5 Å². The Kier molecular flexibility index (Phi) is 5.17. The molecule has 0 aromatic heterocycles. The average molecular weight is 298 g/mol. The van der Waals surface area contributed by atoms with Gasteiger partial charge in [-0.1, -0.05) is 39.3 Å². The first-order valence-corrected chi connectivity index (χ1v) is 7.65. The van der Waals surface area contributed by atoms with Crippen LogP contribution in [-0.2, 0) is 6.54 Å². The minimum absolute atomic E-state index is 0.259. The van der Waals surface area contributed by atoms with Crippen molar-refractivity contribution in [2.45, 2.75) is 34.2 Å². The quantitative estimate of drug-likeness (QED) is 0.858. The van der Waals surface area contributed by atoms with Gasteiger partial charge in [0.05, 0.1) is 5.02 Å². The molecule has 0 unspecified atom stereocenters. The topological polar surface area (TPSA) is 30.5 Å². The number of hydrogen-bond acceptors (Lipinski definition) is 3. The zero-order valence-corrected chi connectivity index (χ0v) is 13.5. The molecule has 0 atom stereocenters. The van der Waals surface area contributed by atoms with Crippen molar-refractivity contribution in [3.05, 3.63) is 22.7 Å². The van der Waals surface area contributed by atoms with Gasteiger partial charge in [-0.2, -0.15) is 0 Å². The van der Waals surface area contributed by atoms with Gasteiger partial charge in [-0.25, -0.2) is 0 Å². The van der Waals surface area contributed by atoms with Crippen LogP contribution in [-0.4, -0.2) is 13.3 Å². The van der Waals surface area contributed by atoms with Crippen LogP contribution in [0.2, 0.25) is 5.02 Å². The standard InChI is InChI=1S/C16H24ClNO2/c1-10(2)13(11(3)4)8-18-7-12-5-14(17)16-15(6-12)19-9-20-16/h5-6,10-11,13,18H,7-9H2,1-4H3. The number of nitrogens with one attached hydrogen (secondary N) is 1. The summed E-state index contributed by atoms with van der Waals surface area (Å²) in [5.74, 6) is 3.46. The molecule has 0 radical (unpaired) electrons. The molecular formula is C16H24ClNO2. The summed E-state index contributed by atoms with van der Waals surface area (Å²) in [6.07, 6.45) is 0. The van der Waals surface area contributed by atoms with Crippen LogP contribution in [0.1, 0.15) is 33.3 Å². The lowest BCUT2D eigenvalue weighted by Gasteiger charge is -2.25. The highest BCUT2D eigenvalue weighted by molar-refractivity contribution is 6.32. The molecule has 112 valence electrons. The third-order valence-electron chi connectivity index (χ3n) is 3.91. The van der Waals surface area contributed by atoms with Crippen molar-refractivity contribution in [1.82, 2.24) is 5.32 Å². The van der Waals surface area contributed by atoms with Crippen molar-refractivity contribution < 1.29 is 9.47 Å². The Morgan fingerprint density at radius 1 is 1.15 bits per heavy atom. The molecule has 0 saturated heterocycles. The van der Waals surface area contributed by atoms with E-state index in [-0.39, 0.29) is 6.79 Å². The molecule has 1 aromatic carbocycles. The first-order chi connectivity index (χ1) is 9.49. The van der Waals surface area contributed by atoms with Crippen LogP contribution in [0.25, 0.3) is 0 Å². The zero-order valence-electron chi connectivity index (χ0n) is 12.7. The van der Waals surface area contributed by atoms with Crippen LogP contribution in [0.4, 0.5) is 0 Å². The number of fused-ring (bicyclic) bond motifs is 1. The number of hydrogen-bond donors (Lipinski definition) is 1. The maximum Gasteiger partial charge on any atom is 0.231 e. The fraction of sp³-hybridized carbons (Fsp3) is 0.625. The lowest BCUT2D eigenvalue weighted by Crippen LogP contribution is -2.29. The minimum atomic E-state index is 0.259. The normalized spacial score (nSPS) is 13.8. The Morgan fingerprint density at radius 2 is 1.85 bits per heavy atom. The Balaban J connectivity index is 1.93. The maximum atomic E-state index is 6.18. The van der Waals surface area contributed by atoms with Crippen molar-refractivity contribution in [2.75, 3.05) is 13.3 Å². The summed E-state index contributed by atoms with van der Waals surface area (Å²) in [5, 5.41) is 4.15. The predicted octanol–water partition coefficient (Wildman–Crippen LogP) is 4.09. The van der Waals surface area contributed by atoms with Crippen LogP contribution < -0.4 is 14.8 Å². The Hall–Kier alpha value is -0.930. The van der Waals surface area contributed by atoms with Gasteiger partial charge >= 0.3 is 0 Å². The molecule has 0 amide bonds. The van der Waals surface area contributed by atoms with Crippen LogP contribution in [0, 0.1) is 17.8 Å². The highest BCUT2D eigenvalue weighted by Gasteiger charge is 2.19. The van der Waals surface area contributed by atoms with Gasteiger partial charge in [0.2, 0.25) is 6.79 Å². The summed E-state index contributed by atoms with van der Waals surface area (Å²) in [6, 6.07) is 3.95. The second kappa shape index (κ2) is 6.68. The lowest BCUT2D eigenvalue weighted by atomic mass is 9.85. The van der Waals surface area contributed by atoms with Crippen LogP contribution in [0.15, 0.2) is 12.1 Å². The average Bonchev–Trinajstić information content (AvgIpc) is 2.82. The van der Waals surface area contributed by atoms with E-state index < -0.39 is 0 Å². The monoisotopic (exact) mass is 297 g/mol. The number of benzene rings is 1. The van der Waals surface area contributed by atoms with E-state index in [4.69, 9.17) is 21.1 Å². The second-order valence-corrected chi connectivity index (χ2v) is 6.50. The van der Waals surface area contributed by atoms with E-state index in [1.165, 1.54) is 0 Å². The van der Waals surface area contributed by atoms with Gasteiger partial charge in [0.25, 0.3) is 0 Å². The summed E-state index contributed by atoms with van der Waals surface area (Å²) in [7, 11) is 0. The highest BCUT2D eigenvalue weighted by Crippen LogP contribution is 2.39. The highest BCUT2D eigenvalue weighted by atomic mass is 35.5. The molecule has 20 heavy (non-hydrogen) atoms. The van der Waals surface area contributed by atoms with Crippen LogP contribution in [0.3, 0.4) is 0 Å². The van der Waals surface area contributed by atoms with Gasteiger partial charge in [-0.05, 0) is 42.0 Å². The third kappa shape index (κ3) is 3.58. The van der Waals surface area contributed by atoms with E-state index >= 15 is 0 Å². The molecule has 3 nitrogen and oxygen atoms in total. The minimum Gasteiger partial charge on any atom is -0.454 e. The summed E-state index contributed by atoms with van der Waals surface area (Å²) >= 11 is 6.18. The molecular weight excluding hydrogens is 274 g/mol. The first-order valence-electron chi connectivity index (χ1n) is 7.27. The van der Waals surface area contributed by atoms with E-state index in [9.17, 15) is 0 Å². The summed E-state index contributed by atoms with van der Waals surface area (Å²) in [5.41, 5.74) is 1.13.